The van der Waals surface area contributed by atoms with Crippen LogP contribution in [-0.2, 0) is 24.3 Å². The molecule has 1 N–H and O–H groups in total. The average Bonchev–Trinajstić information content (AvgIpc) is 3.13. The van der Waals surface area contributed by atoms with Gasteiger partial charge in [0.15, 0.2) is 0 Å². The lowest BCUT2D eigenvalue weighted by Crippen LogP contribution is -2.40. The minimum Gasteiger partial charge on any atom is -0.507 e. The molecule has 9 nitrogen and oxygen atoms in total. The van der Waals surface area contributed by atoms with Gasteiger partial charge in [-0.3, -0.25) is 9.59 Å². The molecule has 2 aromatic carbocycles. The molecular formula is C25H28BrN3O6S. The van der Waals surface area contributed by atoms with Crippen molar-refractivity contribution in [3.8, 4) is 0 Å². The lowest BCUT2D eigenvalue weighted by molar-refractivity contribution is -0.140. The van der Waals surface area contributed by atoms with Crippen LogP contribution in [0.5, 0.6) is 0 Å². The molecular weight excluding hydrogens is 550 g/mol. The number of carbonyl (C=O) groups is 2. The predicted octanol–water partition coefficient (Wildman–Crippen LogP) is 2.45. The van der Waals surface area contributed by atoms with Crippen molar-refractivity contribution in [3.63, 3.8) is 0 Å². The van der Waals surface area contributed by atoms with Gasteiger partial charge in [-0.1, -0.05) is 28.1 Å². The maximum atomic E-state index is 13.1. The summed E-state index contributed by atoms with van der Waals surface area (Å²) in [7, 11) is 0.0376. The molecule has 0 bridgehead atoms. The molecule has 2 fully saturated rings. The molecule has 192 valence electrons. The molecule has 0 unspecified atom stereocenters. The van der Waals surface area contributed by atoms with E-state index in [1.54, 1.807) is 12.1 Å². The molecule has 0 aliphatic carbocycles. The molecule has 11 heteroatoms. The number of rotatable bonds is 7. The number of nitrogens with zero attached hydrogens (tertiary/aromatic N) is 3. The topological polar surface area (TPSA) is 107 Å². The van der Waals surface area contributed by atoms with E-state index in [0.717, 1.165) is 4.47 Å². The quantitative estimate of drug-likeness (QED) is 0.306. The van der Waals surface area contributed by atoms with Crippen LogP contribution >= 0.6 is 15.9 Å². The first-order valence-corrected chi connectivity index (χ1v) is 13.7. The van der Waals surface area contributed by atoms with Crippen molar-refractivity contribution in [1.82, 2.24) is 14.1 Å². The Morgan fingerprint density at radius 1 is 1.06 bits per heavy atom. The fourth-order valence-corrected chi connectivity index (χ4v) is 5.96. The fraction of sp³-hybridized carbons (Fsp3) is 0.360. The first-order chi connectivity index (χ1) is 17.1. The molecule has 2 aliphatic heterocycles. The van der Waals surface area contributed by atoms with Crippen LogP contribution in [0, 0.1) is 0 Å². The molecule has 1 atom stereocenters. The second kappa shape index (κ2) is 10.8. The zero-order valence-electron chi connectivity index (χ0n) is 20.1. The number of morpholine rings is 1. The van der Waals surface area contributed by atoms with E-state index in [1.165, 1.54) is 33.5 Å². The van der Waals surface area contributed by atoms with Crippen LogP contribution in [0.2, 0.25) is 0 Å². The van der Waals surface area contributed by atoms with Crippen molar-refractivity contribution in [2.24, 2.45) is 0 Å². The van der Waals surface area contributed by atoms with E-state index >= 15 is 0 Å². The Balaban J connectivity index is 1.73. The highest BCUT2D eigenvalue weighted by Crippen LogP contribution is 2.39. The highest BCUT2D eigenvalue weighted by Gasteiger charge is 2.45. The number of halogens is 1. The number of likely N-dealkylation sites (N-methyl/N-ethyl adjacent to an activating group) is 1. The predicted molar refractivity (Wildman–Crippen MR) is 138 cm³/mol. The number of aliphatic hydroxyl groups excluding tert-OH is 1. The van der Waals surface area contributed by atoms with Crippen LogP contribution in [0.25, 0.3) is 5.76 Å². The molecule has 4 rings (SSSR count). The Bertz CT molecular complexity index is 1270. The minimum absolute atomic E-state index is 0.0233. The standard InChI is InChI=1S/C25H28BrN3O6S/c1-27(2)11-12-29-22(17-3-7-19(26)8-4-17)21(24(31)25(29)32)23(30)18-5-9-20(10-6-18)36(33,34)28-13-15-35-16-14-28/h3-10,22,30H,11-16H2,1-2H3/t22-/m0/s1. The average molecular weight is 578 g/mol. The molecule has 2 aliphatic rings. The van der Waals surface area contributed by atoms with Gasteiger partial charge in [0.2, 0.25) is 10.0 Å². The Morgan fingerprint density at radius 3 is 2.25 bits per heavy atom. The van der Waals surface area contributed by atoms with E-state index in [1.807, 2.05) is 31.1 Å². The van der Waals surface area contributed by atoms with Gasteiger partial charge in [0.25, 0.3) is 11.7 Å². The van der Waals surface area contributed by atoms with Gasteiger partial charge < -0.3 is 19.6 Å². The molecule has 2 heterocycles. The number of carbonyl (C=O) groups excluding carboxylic acids is 2. The van der Waals surface area contributed by atoms with Gasteiger partial charge in [0.05, 0.1) is 29.7 Å². The molecule has 0 aromatic heterocycles. The van der Waals surface area contributed by atoms with Crippen LogP contribution in [0.3, 0.4) is 0 Å². The first kappa shape index (κ1) is 26.5. The van der Waals surface area contributed by atoms with Crippen LogP contribution in [0.1, 0.15) is 17.2 Å². The summed E-state index contributed by atoms with van der Waals surface area (Å²) in [5.74, 6) is -1.80. The number of ketones is 1. The van der Waals surface area contributed by atoms with Gasteiger partial charge in [-0.15, -0.1) is 0 Å². The third kappa shape index (κ3) is 5.25. The van der Waals surface area contributed by atoms with Crippen LogP contribution in [-0.4, -0.2) is 92.8 Å². The summed E-state index contributed by atoms with van der Waals surface area (Å²) in [5, 5.41) is 11.2. The summed E-state index contributed by atoms with van der Waals surface area (Å²) in [6.07, 6.45) is 0. The van der Waals surface area contributed by atoms with Crippen molar-refractivity contribution in [2.75, 3.05) is 53.5 Å². The third-order valence-corrected chi connectivity index (χ3v) is 8.69. The summed E-state index contributed by atoms with van der Waals surface area (Å²) in [6.45, 7) is 2.05. The number of amides is 1. The lowest BCUT2D eigenvalue weighted by atomic mass is 9.95. The monoisotopic (exact) mass is 577 g/mol. The Kier molecular flexibility index (Phi) is 7.96. The number of ether oxygens (including phenoxy) is 1. The Hall–Kier alpha value is -2.57. The lowest BCUT2D eigenvalue weighted by Gasteiger charge is -2.27. The maximum absolute atomic E-state index is 13.1. The molecule has 0 spiro atoms. The molecule has 2 aromatic rings. The van der Waals surface area contributed by atoms with Crippen molar-refractivity contribution in [1.29, 1.82) is 0 Å². The number of benzene rings is 2. The number of hydrogen-bond acceptors (Lipinski definition) is 7. The molecule has 1 amide bonds. The zero-order chi connectivity index (χ0) is 26.0. The summed E-state index contributed by atoms with van der Waals surface area (Å²) < 4.78 is 33.3. The summed E-state index contributed by atoms with van der Waals surface area (Å²) in [4.78, 5) is 29.6. The van der Waals surface area contributed by atoms with Crippen molar-refractivity contribution < 1.29 is 27.9 Å². The Morgan fingerprint density at radius 2 is 1.67 bits per heavy atom. The summed E-state index contributed by atoms with van der Waals surface area (Å²) in [6, 6.07) is 12.2. The highest BCUT2D eigenvalue weighted by molar-refractivity contribution is 9.10. The normalized spacial score (nSPS) is 20.9. The highest BCUT2D eigenvalue weighted by atomic mass is 79.9. The summed E-state index contributed by atoms with van der Waals surface area (Å²) in [5.41, 5.74) is 0.915. The van der Waals surface area contributed by atoms with Gasteiger partial charge in [0.1, 0.15) is 5.76 Å². The van der Waals surface area contributed by atoms with Crippen molar-refractivity contribution in [3.05, 3.63) is 69.7 Å². The fourth-order valence-electron chi connectivity index (χ4n) is 4.29. The number of Topliss-reactive ketones (excluding diaryl/α,β-unsaturated/α-hetero) is 1. The van der Waals surface area contributed by atoms with Gasteiger partial charge in [-0.25, -0.2) is 8.42 Å². The van der Waals surface area contributed by atoms with Crippen molar-refractivity contribution >= 4 is 43.4 Å². The van der Waals surface area contributed by atoms with E-state index in [9.17, 15) is 23.1 Å². The number of sulfonamides is 1. The van der Waals surface area contributed by atoms with E-state index in [-0.39, 0.29) is 34.9 Å². The maximum Gasteiger partial charge on any atom is 0.295 e. The van der Waals surface area contributed by atoms with E-state index in [2.05, 4.69) is 15.9 Å². The Labute approximate surface area is 219 Å². The smallest absolute Gasteiger partial charge is 0.295 e. The first-order valence-electron chi connectivity index (χ1n) is 11.5. The van der Waals surface area contributed by atoms with Crippen molar-refractivity contribution in [2.45, 2.75) is 10.9 Å². The second-order valence-corrected chi connectivity index (χ2v) is 11.7. The summed E-state index contributed by atoms with van der Waals surface area (Å²) >= 11 is 3.40. The minimum atomic E-state index is -3.71. The number of likely N-dealkylation sites (tertiary alicyclic amines) is 1. The van der Waals surface area contributed by atoms with Crippen LogP contribution in [0.4, 0.5) is 0 Å². The molecule has 0 saturated carbocycles. The zero-order valence-corrected chi connectivity index (χ0v) is 22.5. The SMILES string of the molecule is CN(C)CCN1C(=O)C(=O)C(=C(O)c2ccc(S(=O)(=O)N3CCOCC3)cc2)[C@@H]1c1ccc(Br)cc1. The van der Waals surface area contributed by atoms with Gasteiger partial charge >= 0.3 is 0 Å². The second-order valence-electron chi connectivity index (χ2n) is 8.89. The largest absolute Gasteiger partial charge is 0.507 e. The third-order valence-electron chi connectivity index (χ3n) is 6.25. The van der Waals surface area contributed by atoms with Crippen LogP contribution < -0.4 is 0 Å². The van der Waals surface area contributed by atoms with Gasteiger partial charge in [-0.2, -0.15) is 4.31 Å². The van der Waals surface area contributed by atoms with E-state index < -0.39 is 27.8 Å². The number of aliphatic hydroxyl groups is 1. The van der Waals surface area contributed by atoms with Gasteiger partial charge in [-0.05, 0) is 56.1 Å². The van der Waals surface area contributed by atoms with E-state index in [0.29, 0.717) is 31.9 Å². The molecule has 0 radical (unpaired) electrons. The molecule has 36 heavy (non-hydrogen) atoms. The molecule has 2 saturated heterocycles. The van der Waals surface area contributed by atoms with E-state index in [4.69, 9.17) is 4.74 Å². The van der Waals surface area contributed by atoms with Crippen LogP contribution in [0.15, 0.2) is 63.5 Å². The van der Waals surface area contributed by atoms with Gasteiger partial charge in [0, 0.05) is 36.2 Å². The number of hydrogen-bond donors (Lipinski definition) is 1.